The van der Waals surface area contributed by atoms with E-state index in [1.165, 1.54) is 23.9 Å². The molecule has 23 heavy (non-hydrogen) atoms. The van der Waals surface area contributed by atoms with Gasteiger partial charge in [0, 0.05) is 11.3 Å². The molecule has 1 aliphatic heterocycles. The molecular formula is C17H13NO4S. The van der Waals surface area contributed by atoms with E-state index in [0.29, 0.717) is 16.3 Å². The molecule has 0 radical (unpaired) electrons. The molecule has 2 N–H and O–H groups in total. The van der Waals surface area contributed by atoms with E-state index in [9.17, 15) is 14.7 Å². The van der Waals surface area contributed by atoms with Gasteiger partial charge in [0.2, 0.25) is 0 Å². The minimum atomic E-state index is -1.03. The number of carboxylic acid groups (broad SMARTS) is 2. The van der Waals surface area contributed by atoms with Crippen LogP contribution in [0.2, 0.25) is 0 Å². The summed E-state index contributed by atoms with van der Waals surface area (Å²) in [6.45, 7) is 0. The van der Waals surface area contributed by atoms with Crippen molar-refractivity contribution < 1.29 is 19.8 Å². The number of aliphatic imine (C=N–C) groups is 1. The monoisotopic (exact) mass is 327 g/mol. The van der Waals surface area contributed by atoms with E-state index in [1.807, 2.05) is 30.3 Å². The fraction of sp³-hybridized carbons (Fsp3) is 0.118. The number of carbonyl (C=O) groups is 2. The minimum absolute atomic E-state index is 0.134. The van der Waals surface area contributed by atoms with Crippen LogP contribution < -0.4 is 0 Å². The molecule has 0 aromatic heterocycles. The molecule has 1 aliphatic rings. The summed E-state index contributed by atoms with van der Waals surface area (Å²) in [5, 5.41) is 17.9. The summed E-state index contributed by atoms with van der Waals surface area (Å²) in [6.07, 6.45) is 0.279. The summed E-state index contributed by atoms with van der Waals surface area (Å²) in [6, 6.07) is 13.9. The summed E-state index contributed by atoms with van der Waals surface area (Å²) < 4.78 is 0. The second-order valence-electron chi connectivity index (χ2n) is 5.06. The van der Waals surface area contributed by atoms with E-state index < -0.39 is 17.2 Å². The fourth-order valence-corrected chi connectivity index (χ4v) is 3.37. The summed E-state index contributed by atoms with van der Waals surface area (Å²) >= 11 is 1.20. The van der Waals surface area contributed by atoms with Crippen LogP contribution in [0.25, 0.3) is 0 Å². The molecule has 0 bridgehead atoms. The average Bonchev–Trinajstić information content (AvgIpc) is 2.74. The number of benzene rings is 2. The van der Waals surface area contributed by atoms with Gasteiger partial charge in [-0.25, -0.2) is 4.79 Å². The Morgan fingerprint density at radius 1 is 1.09 bits per heavy atom. The van der Waals surface area contributed by atoms with Crippen molar-refractivity contribution in [1.82, 2.24) is 0 Å². The van der Waals surface area contributed by atoms with Crippen molar-refractivity contribution in [2.24, 2.45) is 4.99 Å². The molecule has 1 heterocycles. The third-order valence-corrected chi connectivity index (χ3v) is 4.74. The van der Waals surface area contributed by atoms with Gasteiger partial charge in [0.1, 0.15) is 5.25 Å². The number of carboxylic acids is 2. The molecule has 0 amide bonds. The topological polar surface area (TPSA) is 87.0 Å². The van der Waals surface area contributed by atoms with E-state index in [-0.39, 0.29) is 12.0 Å². The van der Waals surface area contributed by atoms with Gasteiger partial charge in [-0.1, -0.05) is 30.3 Å². The van der Waals surface area contributed by atoms with Gasteiger partial charge in [-0.2, -0.15) is 0 Å². The lowest BCUT2D eigenvalue weighted by Gasteiger charge is -2.10. The summed E-state index contributed by atoms with van der Waals surface area (Å²) in [4.78, 5) is 27.9. The number of hydrogen-bond donors (Lipinski definition) is 2. The van der Waals surface area contributed by atoms with Gasteiger partial charge in [-0.05, 0) is 23.8 Å². The summed E-state index contributed by atoms with van der Waals surface area (Å²) in [5.74, 6) is -1.94. The van der Waals surface area contributed by atoms with Crippen LogP contribution in [0, 0.1) is 0 Å². The van der Waals surface area contributed by atoms with Crippen LogP contribution >= 0.6 is 11.8 Å². The van der Waals surface area contributed by atoms with Crippen molar-refractivity contribution in [3.05, 3.63) is 59.7 Å². The van der Waals surface area contributed by atoms with Gasteiger partial charge in [0.05, 0.1) is 17.0 Å². The van der Waals surface area contributed by atoms with Crippen LogP contribution in [0.5, 0.6) is 0 Å². The molecule has 5 nitrogen and oxygen atoms in total. The number of fused-ring (bicyclic) bond motifs is 1. The van der Waals surface area contributed by atoms with Gasteiger partial charge in [0.25, 0.3) is 0 Å². The number of thioether (sulfide) groups is 1. The molecule has 116 valence electrons. The highest BCUT2D eigenvalue weighted by molar-refractivity contribution is 8.00. The van der Waals surface area contributed by atoms with Gasteiger partial charge >= 0.3 is 11.9 Å². The maximum Gasteiger partial charge on any atom is 0.335 e. The standard InChI is InChI=1S/C17H13NO4S/c19-16(20)11-6-7-14-13(8-11)18-12(9-15(23-14)17(21)22)10-4-2-1-3-5-10/h1-8,15H,9H2,(H,19,20)(H,21,22). The molecule has 1 atom stereocenters. The van der Waals surface area contributed by atoms with Crippen LogP contribution in [0.15, 0.2) is 58.4 Å². The van der Waals surface area contributed by atoms with E-state index in [1.54, 1.807) is 6.07 Å². The van der Waals surface area contributed by atoms with Crippen molar-refractivity contribution in [3.8, 4) is 0 Å². The first kappa shape index (κ1) is 15.3. The Hall–Kier alpha value is -2.60. The molecule has 0 saturated heterocycles. The number of rotatable bonds is 3. The Kier molecular flexibility index (Phi) is 4.16. The minimum Gasteiger partial charge on any atom is -0.480 e. The molecule has 0 aliphatic carbocycles. The molecule has 3 rings (SSSR count). The Morgan fingerprint density at radius 3 is 2.48 bits per heavy atom. The fourth-order valence-electron chi connectivity index (χ4n) is 2.35. The van der Waals surface area contributed by atoms with Crippen molar-refractivity contribution in [1.29, 1.82) is 0 Å². The number of aromatic carboxylic acids is 1. The van der Waals surface area contributed by atoms with Crippen molar-refractivity contribution in [3.63, 3.8) is 0 Å². The zero-order valence-electron chi connectivity index (χ0n) is 12.0. The van der Waals surface area contributed by atoms with Crippen LogP contribution in [0.3, 0.4) is 0 Å². The number of nitrogens with zero attached hydrogens (tertiary/aromatic N) is 1. The Labute approximate surface area is 136 Å². The molecular weight excluding hydrogens is 314 g/mol. The third kappa shape index (κ3) is 3.27. The Morgan fingerprint density at radius 2 is 1.83 bits per heavy atom. The van der Waals surface area contributed by atoms with Crippen LogP contribution in [-0.4, -0.2) is 33.1 Å². The Balaban J connectivity index is 2.13. The maximum atomic E-state index is 11.5. The van der Waals surface area contributed by atoms with Crippen molar-refractivity contribution in [2.75, 3.05) is 0 Å². The van der Waals surface area contributed by atoms with Crippen LogP contribution in [-0.2, 0) is 4.79 Å². The summed E-state index contributed by atoms with van der Waals surface area (Å²) in [5.41, 5.74) is 2.12. The lowest BCUT2D eigenvalue weighted by molar-refractivity contribution is -0.136. The molecule has 0 fully saturated rings. The first-order valence-corrected chi connectivity index (χ1v) is 7.82. The van der Waals surface area contributed by atoms with E-state index >= 15 is 0 Å². The van der Waals surface area contributed by atoms with Gasteiger partial charge in [0.15, 0.2) is 0 Å². The predicted octanol–water partition coefficient (Wildman–Crippen LogP) is 3.45. The number of aliphatic carboxylic acids is 1. The zero-order chi connectivity index (χ0) is 16.4. The predicted molar refractivity (Wildman–Crippen MR) is 87.9 cm³/mol. The zero-order valence-corrected chi connectivity index (χ0v) is 12.8. The van der Waals surface area contributed by atoms with Gasteiger partial charge in [-0.3, -0.25) is 9.79 Å². The smallest absolute Gasteiger partial charge is 0.335 e. The first-order chi connectivity index (χ1) is 11.0. The van der Waals surface area contributed by atoms with Crippen molar-refractivity contribution >= 4 is 35.1 Å². The van der Waals surface area contributed by atoms with E-state index in [0.717, 1.165) is 5.56 Å². The molecule has 6 heteroatoms. The molecule has 2 aromatic rings. The quantitative estimate of drug-likeness (QED) is 0.901. The second-order valence-corrected chi connectivity index (χ2v) is 6.31. The average molecular weight is 327 g/mol. The van der Waals surface area contributed by atoms with Gasteiger partial charge < -0.3 is 10.2 Å². The van der Waals surface area contributed by atoms with Gasteiger partial charge in [-0.15, -0.1) is 11.8 Å². The molecule has 0 saturated carbocycles. The second kappa shape index (κ2) is 6.26. The highest BCUT2D eigenvalue weighted by Gasteiger charge is 2.26. The summed E-state index contributed by atoms with van der Waals surface area (Å²) in [7, 11) is 0. The largest absolute Gasteiger partial charge is 0.480 e. The van der Waals surface area contributed by atoms with Crippen LogP contribution in [0.1, 0.15) is 22.3 Å². The van der Waals surface area contributed by atoms with E-state index in [4.69, 9.17) is 5.11 Å². The third-order valence-electron chi connectivity index (χ3n) is 3.49. The first-order valence-electron chi connectivity index (χ1n) is 6.94. The highest BCUT2D eigenvalue weighted by atomic mass is 32.2. The lowest BCUT2D eigenvalue weighted by atomic mass is 10.1. The molecule has 0 spiro atoms. The normalized spacial score (nSPS) is 16.9. The molecule has 2 aromatic carbocycles. The van der Waals surface area contributed by atoms with E-state index in [2.05, 4.69) is 4.99 Å². The number of hydrogen-bond acceptors (Lipinski definition) is 4. The van der Waals surface area contributed by atoms with Crippen LogP contribution in [0.4, 0.5) is 5.69 Å². The highest BCUT2D eigenvalue weighted by Crippen LogP contribution is 2.38. The molecule has 1 unspecified atom stereocenters. The SMILES string of the molecule is O=C(O)c1ccc2c(c1)N=C(c1ccccc1)CC(C(=O)O)S2. The Bertz CT molecular complexity index is 801. The van der Waals surface area contributed by atoms with Crippen molar-refractivity contribution in [2.45, 2.75) is 16.6 Å². The lowest BCUT2D eigenvalue weighted by Crippen LogP contribution is -2.20. The maximum absolute atomic E-state index is 11.5.